The monoisotopic (exact) mass is 265 g/mol. The van der Waals surface area contributed by atoms with Crippen molar-refractivity contribution >= 4 is 29.0 Å². The lowest BCUT2D eigenvalue weighted by molar-refractivity contribution is 0.100. The summed E-state index contributed by atoms with van der Waals surface area (Å²) < 4.78 is 0. The average molecular weight is 265 g/mol. The number of anilines is 2. The highest BCUT2D eigenvalue weighted by Crippen LogP contribution is 2.32. The number of carbonyl (C=O) groups excluding carboxylic acids is 1. The van der Waals surface area contributed by atoms with Crippen molar-refractivity contribution < 1.29 is 4.79 Å². The number of nitrogens with two attached hydrogens (primary N) is 2. The first-order valence-corrected chi connectivity index (χ1v) is 7.01. The number of nitrogen functional groups attached to an aromatic ring is 1. The lowest BCUT2D eigenvalue weighted by Crippen LogP contribution is -2.40. The predicted octanol–water partition coefficient (Wildman–Crippen LogP) is 1.70. The zero-order chi connectivity index (χ0) is 13.3. The molecule has 0 aromatic heterocycles. The van der Waals surface area contributed by atoms with E-state index in [4.69, 9.17) is 11.5 Å². The van der Waals surface area contributed by atoms with E-state index in [9.17, 15) is 4.79 Å². The van der Waals surface area contributed by atoms with E-state index in [1.54, 1.807) is 18.2 Å². The van der Waals surface area contributed by atoms with Gasteiger partial charge in [-0.25, -0.2) is 0 Å². The van der Waals surface area contributed by atoms with Crippen LogP contribution >= 0.6 is 11.8 Å². The Morgan fingerprint density at radius 3 is 2.50 bits per heavy atom. The molecule has 1 aromatic rings. The summed E-state index contributed by atoms with van der Waals surface area (Å²) in [7, 11) is 0. The van der Waals surface area contributed by atoms with Crippen molar-refractivity contribution in [2.24, 2.45) is 5.73 Å². The van der Waals surface area contributed by atoms with Gasteiger partial charge in [0.15, 0.2) is 0 Å². The van der Waals surface area contributed by atoms with Crippen molar-refractivity contribution in [2.75, 3.05) is 23.7 Å². The molecular formula is C13H19N3OS. The molecule has 1 fully saturated rings. The third kappa shape index (κ3) is 2.72. The van der Waals surface area contributed by atoms with Crippen LogP contribution in [0.4, 0.5) is 11.4 Å². The van der Waals surface area contributed by atoms with Crippen LogP contribution in [0.2, 0.25) is 0 Å². The standard InChI is InChI=1S/C13H19N3OS/c1-8-6-16(7-9(2)18-8)12-5-10(13(15)17)3-4-11(12)14/h3-5,8-9H,6-7,14H2,1-2H3,(H2,15,17). The molecule has 0 radical (unpaired) electrons. The van der Waals surface area contributed by atoms with E-state index in [1.165, 1.54) is 0 Å². The summed E-state index contributed by atoms with van der Waals surface area (Å²) in [4.78, 5) is 13.5. The number of benzene rings is 1. The van der Waals surface area contributed by atoms with Crippen LogP contribution in [0.3, 0.4) is 0 Å². The molecule has 1 aliphatic rings. The van der Waals surface area contributed by atoms with Gasteiger partial charge in [-0.3, -0.25) is 4.79 Å². The van der Waals surface area contributed by atoms with Gasteiger partial charge in [-0.1, -0.05) is 13.8 Å². The highest BCUT2D eigenvalue weighted by Gasteiger charge is 2.24. The summed E-state index contributed by atoms with van der Waals surface area (Å²) >= 11 is 1.98. The Hall–Kier alpha value is -1.36. The lowest BCUT2D eigenvalue weighted by Gasteiger charge is -2.36. The highest BCUT2D eigenvalue weighted by atomic mass is 32.2. The summed E-state index contributed by atoms with van der Waals surface area (Å²) in [6.45, 7) is 6.31. The first-order chi connectivity index (χ1) is 8.47. The maximum atomic E-state index is 11.2. The second kappa shape index (κ2) is 5.10. The Labute approximate surface area is 112 Å². The molecule has 1 aliphatic heterocycles. The van der Waals surface area contributed by atoms with Gasteiger partial charge in [0.2, 0.25) is 5.91 Å². The van der Waals surface area contributed by atoms with Gasteiger partial charge < -0.3 is 16.4 Å². The molecule has 4 N–H and O–H groups in total. The fraction of sp³-hybridized carbons (Fsp3) is 0.462. The van der Waals surface area contributed by atoms with E-state index in [1.807, 2.05) is 11.8 Å². The Morgan fingerprint density at radius 1 is 1.33 bits per heavy atom. The smallest absolute Gasteiger partial charge is 0.248 e. The van der Waals surface area contributed by atoms with Crippen LogP contribution in [0.15, 0.2) is 18.2 Å². The molecule has 1 amide bonds. The van der Waals surface area contributed by atoms with Gasteiger partial charge in [-0.2, -0.15) is 11.8 Å². The molecular weight excluding hydrogens is 246 g/mol. The number of hydrogen-bond acceptors (Lipinski definition) is 4. The minimum atomic E-state index is -0.413. The molecule has 0 bridgehead atoms. The van der Waals surface area contributed by atoms with Crippen LogP contribution in [0.5, 0.6) is 0 Å². The number of hydrogen-bond donors (Lipinski definition) is 2. The van der Waals surface area contributed by atoms with Crippen molar-refractivity contribution in [3.63, 3.8) is 0 Å². The summed E-state index contributed by atoms with van der Waals surface area (Å²) in [5.41, 5.74) is 13.5. The van der Waals surface area contributed by atoms with E-state index < -0.39 is 5.91 Å². The Morgan fingerprint density at radius 2 is 1.94 bits per heavy atom. The molecule has 2 rings (SSSR count). The SMILES string of the molecule is CC1CN(c2cc(C(N)=O)ccc2N)CC(C)S1. The van der Waals surface area contributed by atoms with E-state index in [0.717, 1.165) is 18.8 Å². The van der Waals surface area contributed by atoms with Crippen LogP contribution in [0, 0.1) is 0 Å². The van der Waals surface area contributed by atoms with Gasteiger partial charge in [-0.05, 0) is 18.2 Å². The number of amides is 1. The molecule has 0 aliphatic carbocycles. The first kappa shape index (κ1) is 13.1. The second-order valence-corrected chi connectivity index (χ2v) is 6.68. The van der Waals surface area contributed by atoms with E-state index in [2.05, 4.69) is 18.7 Å². The largest absolute Gasteiger partial charge is 0.397 e. The van der Waals surface area contributed by atoms with Crippen molar-refractivity contribution in [1.82, 2.24) is 0 Å². The highest BCUT2D eigenvalue weighted by molar-refractivity contribution is 8.00. The van der Waals surface area contributed by atoms with Crippen LogP contribution in [-0.4, -0.2) is 29.5 Å². The van der Waals surface area contributed by atoms with Gasteiger partial charge in [0, 0.05) is 29.2 Å². The average Bonchev–Trinajstić information content (AvgIpc) is 2.27. The summed E-state index contributed by atoms with van der Waals surface area (Å²) in [5, 5.41) is 1.12. The Kier molecular flexibility index (Phi) is 3.71. The quantitative estimate of drug-likeness (QED) is 0.798. The van der Waals surface area contributed by atoms with Gasteiger partial charge in [0.25, 0.3) is 0 Å². The van der Waals surface area contributed by atoms with Gasteiger partial charge in [0.05, 0.1) is 11.4 Å². The molecule has 0 saturated carbocycles. The molecule has 2 atom stereocenters. The molecule has 1 heterocycles. The molecule has 2 unspecified atom stereocenters. The van der Waals surface area contributed by atoms with Gasteiger partial charge in [0.1, 0.15) is 0 Å². The molecule has 18 heavy (non-hydrogen) atoms. The number of nitrogens with zero attached hydrogens (tertiary/aromatic N) is 1. The van der Waals surface area contributed by atoms with Gasteiger partial charge >= 0.3 is 0 Å². The summed E-state index contributed by atoms with van der Waals surface area (Å²) in [6.07, 6.45) is 0. The maximum absolute atomic E-state index is 11.2. The molecule has 1 saturated heterocycles. The van der Waals surface area contributed by atoms with E-state index in [-0.39, 0.29) is 0 Å². The van der Waals surface area contributed by atoms with Crippen molar-refractivity contribution in [3.8, 4) is 0 Å². The van der Waals surface area contributed by atoms with Crippen LogP contribution in [0.25, 0.3) is 0 Å². The number of thioether (sulfide) groups is 1. The van der Waals surface area contributed by atoms with E-state index in [0.29, 0.717) is 21.8 Å². The molecule has 4 nitrogen and oxygen atoms in total. The van der Waals surface area contributed by atoms with E-state index >= 15 is 0 Å². The molecule has 1 aromatic carbocycles. The minimum Gasteiger partial charge on any atom is -0.397 e. The van der Waals surface area contributed by atoms with Crippen molar-refractivity contribution in [1.29, 1.82) is 0 Å². The fourth-order valence-electron chi connectivity index (χ4n) is 2.35. The predicted molar refractivity (Wildman–Crippen MR) is 78.1 cm³/mol. The molecule has 98 valence electrons. The minimum absolute atomic E-state index is 0.413. The summed E-state index contributed by atoms with van der Waals surface area (Å²) in [6, 6.07) is 5.23. The van der Waals surface area contributed by atoms with Crippen molar-refractivity contribution in [3.05, 3.63) is 23.8 Å². The topological polar surface area (TPSA) is 72.3 Å². The Balaban J connectivity index is 2.31. The van der Waals surface area contributed by atoms with Crippen LogP contribution in [-0.2, 0) is 0 Å². The lowest BCUT2D eigenvalue weighted by atomic mass is 10.1. The Bertz CT molecular complexity index is 454. The van der Waals surface area contributed by atoms with Crippen molar-refractivity contribution in [2.45, 2.75) is 24.3 Å². The van der Waals surface area contributed by atoms with Gasteiger partial charge in [-0.15, -0.1) is 0 Å². The summed E-state index contributed by atoms with van der Waals surface area (Å²) in [5.74, 6) is -0.413. The number of rotatable bonds is 2. The normalized spacial score (nSPS) is 24.0. The maximum Gasteiger partial charge on any atom is 0.248 e. The van der Waals surface area contributed by atoms with Crippen LogP contribution < -0.4 is 16.4 Å². The third-order valence-corrected chi connectivity index (χ3v) is 4.30. The first-order valence-electron chi connectivity index (χ1n) is 6.07. The zero-order valence-corrected chi connectivity index (χ0v) is 11.5. The third-order valence-electron chi connectivity index (χ3n) is 3.08. The second-order valence-electron chi connectivity index (χ2n) is 4.80. The molecule has 0 spiro atoms. The number of primary amides is 1. The zero-order valence-electron chi connectivity index (χ0n) is 10.7. The van der Waals surface area contributed by atoms with Crippen LogP contribution in [0.1, 0.15) is 24.2 Å². The fourth-order valence-corrected chi connectivity index (χ4v) is 3.67. The number of carbonyl (C=O) groups is 1. The molecule has 5 heteroatoms.